The predicted molar refractivity (Wildman–Crippen MR) is 121 cm³/mol. The van der Waals surface area contributed by atoms with Crippen LogP contribution in [0.4, 0.5) is 5.13 Å². The zero-order chi connectivity index (χ0) is 20.5. The molecule has 5 nitrogen and oxygen atoms in total. The van der Waals surface area contributed by atoms with Gasteiger partial charge >= 0.3 is 0 Å². The summed E-state index contributed by atoms with van der Waals surface area (Å²) in [5.41, 5.74) is 1.28. The second kappa shape index (κ2) is 11.4. The lowest BCUT2D eigenvalue weighted by atomic mass is 10.2. The van der Waals surface area contributed by atoms with E-state index in [1.165, 1.54) is 16.9 Å². The summed E-state index contributed by atoms with van der Waals surface area (Å²) in [6, 6.07) is 15.3. The second-order valence-electron chi connectivity index (χ2n) is 6.05. The fourth-order valence-electron chi connectivity index (χ4n) is 2.38. The quantitative estimate of drug-likeness (QED) is 0.366. The summed E-state index contributed by atoms with van der Waals surface area (Å²) in [6.07, 6.45) is 0.881. The molecule has 152 valence electrons. The van der Waals surface area contributed by atoms with Crippen LogP contribution in [-0.4, -0.2) is 22.7 Å². The molecular formula is C20H19Cl2N3O2S2. The predicted octanol–water partition coefficient (Wildman–Crippen LogP) is 6.08. The first kappa shape index (κ1) is 21.9. The number of nitrogens with one attached hydrogen (secondary N) is 1. The molecule has 0 aliphatic carbocycles. The summed E-state index contributed by atoms with van der Waals surface area (Å²) in [4.78, 5) is 12.1. The maximum atomic E-state index is 12.1. The fraction of sp³-hybridized carbons (Fsp3) is 0.250. The van der Waals surface area contributed by atoms with Crippen LogP contribution in [0, 0.1) is 0 Å². The maximum Gasteiger partial charge on any atom is 0.226 e. The highest BCUT2D eigenvalue weighted by molar-refractivity contribution is 7.97. The number of carbonyl (C=O) groups excluding carboxylic acids is 1. The first-order valence-corrected chi connectivity index (χ1v) is 11.6. The molecule has 1 aromatic heterocycles. The van der Waals surface area contributed by atoms with Crippen LogP contribution >= 0.6 is 46.3 Å². The van der Waals surface area contributed by atoms with Crippen LogP contribution in [0.3, 0.4) is 0 Å². The number of ether oxygens (including phenoxy) is 1. The number of anilines is 1. The summed E-state index contributed by atoms with van der Waals surface area (Å²) in [5, 5.41) is 13.4. The highest BCUT2D eigenvalue weighted by Gasteiger charge is 2.09. The van der Waals surface area contributed by atoms with Gasteiger partial charge in [-0.05, 0) is 30.2 Å². The number of aromatic nitrogens is 2. The molecule has 3 rings (SSSR count). The average molecular weight is 468 g/mol. The van der Waals surface area contributed by atoms with Crippen molar-refractivity contribution in [1.29, 1.82) is 0 Å². The van der Waals surface area contributed by atoms with Crippen molar-refractivity contribution in [2.24, 2.45) is 0 Å². The van der Waals surface area contributed by atoms with Gasteiger partial charge in [-0.25, -0.2) is 0 Å². The van der Waals surface area contributed by atoms with Crippen LogP contribution in [0.1, 0.15) is 23.4 Å². The van der Waals surface area contributed by atoms with Gasteiger partial charge in [0.1, 0.15) is 10.8 Å². The summed E-state index contributed by atoms with van der Waals surface area (Å²) in [6.45, 7) is 0.381. The zero-order valence-corrected chi connectivity index (χ0v) is 18.6. The monoisotopic (exact) mass is 467 g/mol. The van der Waals surface area contributed by atoms with E-state index in [0.717, 1.165) is 16.5 Å². The molecule has 2 aromatic carbocycles. The lowest BCUT2D eigenvalue weighted by Gasteiger charge is -2.07. The Balaban J connectivity index is 1.34. The van der Waals surface area contributed by atoms with E-state index in [1.54, 1.807) is 30.0 Å². The lowest BCUT2D eigenvalue weighted by Crippen LogP contribution is -2.12. The third kappa shape index (κ3) is 7.51. The molecule has 0 fully saturated rings. The van der Waals surface area contributed by atoms with Gasteiger partial charge in [-0.15, -0.1) is 22.0 Å². The molecule has 0 atom stereocenters. The van der Waals surface area contributed by atoms with Crippen LogP contribution in [0.2, 0.25) is 10.0 Å². The number of amides is 1. The van der Waals surface area contributed by atoms with Gasteiger partial charge in [0, 0.05) is 22.9 Å². The Morgan fingerprint density at radius 2 is 1.93 bits per heavy atom. The number of benzene rings is 2. The minimum absolute atomic E-state index is 0.115. The molecule has 9 heteroatoms. The Morgan fingerprint density at radius 3 is 2.72 bits per heavy atom. The third-order valence-electron chi connectivity index (χ3n) is 3.75. The van der Waals surface area contributed by atoms with Crippen molar-refractivity contribution < 1.29 is 9.53 Å². The number of nitrogens with zero attached hydrogens (tertiary/aromatic N) is 2. The molecule has 1 N–H and O–H groups in total. The van der Waals surface area contributed by atoms with Crippen LogP contribution in [0.25, 0.3) is 0 Å². The zero-order valence-electron chi connectivity index (χ0n) is 15.4. The molecule has 0 aliphatic heterocycles. The van der Waals surface area contributed by atoms with Crippen molar-refractivity contribution in [3.05, 3.63) is 69.1 Å². The van der Waals surface area contributed by atoms with E-state index in [4.69, 9.17) is 27.9 Å². The Kier molecular flexibility index (Phi) is 8.61. The minimum Gasteiger partial charge on any atom is -0.492 e. The van der Waals surface area contributed by atoms with E-state index in [-0.39, 0.29) is 5.91 Å². The molecule has 3 aromatic rings. The number of thioether (sulfide) groups is 1. The molecule has 1 heterocycles. The van der Waals surface area contributed by atoms with E-state index in [2.05, 4.69) is 27.6 Å². The van der Waals surface area contributed by atoms with Crippen molar-refractivity contribution in [2.45, 2.75) is 24.3 Å². The molecular weight excluding hydrogens is 449 g/mol. The van der Waals surface area contributed by atoms with Gasteiger partial charge in [-0.2, -0.15) is 0 Å². The lowest BCUT2D eigenvalue weighted by molar-refractivity contribution is -0.116. The number of halogens is 2. The van der Waals surface area contributed by atoms with E-state index in [0.29, 0.717) is 40.4 Å². The summed E-state index contributed by atoms with van der Waals surface area (Å²) < 4.78 is 5.58. The normalized spacial score (nSPS) is 10.7. The molecule has 0 saturated heterocycles. The second-order valence-corrected chi connectivity index (χ2v) is 8.95. The van der Waals surface area contributed by atoms with Crippen LogP contribution in [0.5, 0.6) is 5.75 Å². The molecule has 0 saturated carbocycles. The Bertz CT molecular complexity index is 938. The van der Waals surface area contributed by atoms with Crippen LogP contribution in [0.15, 0.2) is 48.5 Å². The van der Waals surface area contributed by atoms with Crippen LogP contribution in [-0.2, 0) is 16.3 Å². The molecule has 0 unspecified atom stereocenters. The van der Waals surface area contributed by atoms with Crippen molar-refractivity contribution in [3.8, 4) is 5.75 Å². The maximum absolute atomic E-state index is 12.1. The SMILES string of the molecule is O=C(CCCOc1ccc(Cl)cc1Cl)Nc1nnc(CSCc2ccccc2)s1. The summed E-state index contributed by atoms with van der Waals surface area (Å²) in [5.74, 6) is 2.12. The topological polar surface area (TPSA) is 64.1 Å². The Hall–Kier alpha value is -1.80. The van der Waals surface area contributed by atoms with Gasteiger partial charge in [0.15, 0.2) is 0 Å². The smallest absolute Gasteiger partial charge is 0.226 e. The largest absolute Gasteiger partial charge is 0.492 e. The number of hydrogen-bond acceptors (Lipinski definition) is 6. The molecule has 29 heavy (non-hydrogen) atoms. The van der Waals surface area contributed by atoms with Crippen LogP contribution < -0.4 is 10.1 Å². The Morgan fingerprint density at radius 1 is 1.10 bits per heavy atom. The van der Waals surface area contributed by atoms with Gasteiger partial charge in [0.2, 0.25) is 11.0 Å². The van der Waals surface area contributed by atoms with Gasteiger partial charge in [0.05, 0.1) is 11.6 Å². The number of carbonyl (C=O) groups is 1. The standard InChI is InChI=1S/C20H19Cl2N3O2S2/c21-15-8-9-17(16(22)11-15)27-10-4-7-18(26)23-20-25-24-19(29-20)13-28-12-14-5-2-1-3-6-14/h1-3,5-6,8-9,11H,4,7,10,12-13H2,(H,23,25,26). The number of hydrogen-bond donors (Lipinski definition) is 1. The third-order valence-corrected chi connectivity index (χ3v) is 6.32. The Labute approximate surface area is 187 Å². The van der Waals surface area contributed by atoms with Gasteiger partial charge in [0.25, 0.3) is 0 Å². The molecule has 1 amide bonds. The van der Waals surface area contributed by atoms with Crippen molar-refractivity contribution in [2.75, 3.05) is 11.9 Å². The van der Waals surface area contributed by atoms with E-state index >= 15 is 0 Å². The van der Waals surface area contributed by atoms with Crippen molar-refractivity contribution in [1.82, 2.24) is 10.2 Å². The van der Waals surface area contributed by atoms with Gasteiger partial charge in [-0.1, -0.05) is 64.9 Å². The highest BCUT2D eigenvalue weighted by atomic mass is 35.5. The fourth-order valence-corrected chi connectivity index (χ4v) is 4.64. The summed E-state index contributed by atoms with van der Waals surface area (Å²) in [7, 11) is 0. The first-order chi connectivity index (χ1) is 14.1. The highest BCUT2D eigenvalue weighted by Crippen LogP contribution is 2.27. The van der Waals surface area contributed by atoms with Gasteiger partial charge < -0.3 is 10.1 Å². The molecule has 0 radical (unpaired) electrons. The number of rotatable bonds is 10. The molecule has 0 bridgehead atoms. The van der Waals surface area contributed by atoms with Crippen molar-refractivity contribution in [3.63, 3.8) is 0 Å². The van der Waals surface area contributed by atoms with E-state index in [9.17, 15) is 4.79 Å². The molecule has 0 aliphatic rings. The average Bonchev–Trinajstić information content (AvgIpc) is 3.14. The summed E-state index contributed by atoms with van der Waals surface area (Å²) >= 11 is 15.1. The van der Waals surface area contributed by atoms with E-state index in [1.807, 2.05) is 18.2 Å². The molecule has 0 spiro atoms. The van der Waals surface area contributed by atoms with Crippen molar-refractivity contribution >= 4 is 57.3 Å². The van der Waals surface area contributed by atoms with Gasteiger partial charge in [-0.3, -0.25) is 4.79 Å². The first-order valence-electron chi connectivity index (χ1n) is 8.92. The minimum atomic E-state index is -0.115. The van der Waals surface area contributed by atoms with E-state index < -0.39 is 0 Å².